The summed E-state index contributed by atoms with van der Waals surface area (Å²) in [5.74, 6) is 0. The predicted molar refractivity (Wildman–Crippen MR) is 145 cm³/mol. The first-order chi connectivity index (χ1) is 18.7. The van der Waals surface area contributed by atoms with Gasteiger partial charge in [0.05, 0.1) is 12.1 Å². The van der Waals surface area contributed by atoms with Crippen LogP contribution in [-0.4, -0.2) is 0 Å². The zero-order valence-electron chi connectivity index (χ0n) is 25.7. The van der Waals surface area contributed by atoms with Gasteiger partial charge in [-0.1, -0.05) is 75.4 Å². The Bertz CT molecular complexity index is 1820. The normalized spacial score (nSPS) is 14.7. The van der Waals surface area contributed by atoms with Crippen LogP contribution in [0.25, 0.3) is 49.2 Å². The molecule has 0 amide bonds. The molecule has 5 rings (SSSR count). The van der Waals surface area contributed by atoms with E-state index in [9.17, 15) is 0 Å². The summed E-state index contributed by atoms with van der Waals surface area (Å²) >= 11 is 0. The van der Waals surface area contributed by atoms with E-state index in [4.69, 9.17) is 17.8 Å². The molecule has 174 valence electrons. The van der Waals surface area contributed by atoms with Gasteiger partial charge in [0, 0.05) is 34.8 Å². The first kappa shape index (κ1) is 17.5. The first-order valence-corrected chi connectivity index (χ1v) is 11.6. The van der Waals surface area contributed by atoms with Crippen molar-refractivity contribution in [3.63, 3.8) is 0 Å². The van der Waals surface area contributed by atoms with Gasteiger partial charge in [-0.2, -0.15) is 0 Å². The van der Waals surface area contributed by atoms with E-state index >= 15 is 0 Å². The lowest BCUT2D eigenvalue weighted by Gasteiger charge is -2.19. The number of hydrogen-bond acceptors (Lipinski definition) is 1. The first-order valence-electron chi connectivity index (χ1n) is 14.1. The monoisotopic (exact) mass is 464 g/mol. The minimum absolute atomic E-state index is 0.0128. The van der Waals surface area contributed by atoms with Crippen molar-refractivity contribution in [1.82, 2.24) is 0 Å². The molecule has 35 heavy (non-hydrogen) atoms. The van der Waals surface area contributed by atoms with Crippen LogP contribution >= 0.6 is 0 Å². The molecular formula is C32H31N2O+. The molecule has 3 nitrogen and oxygen atoms in total. The summed E-state index contributed by atoms with van der Waals surface area (Å²) in [5, 5.41) is 1.74. The predicted octanol–water partition coefficient (Wildman–Crippen LogP) is 8.50. The average Bonchev–Trinajstić information content (AvgIpc) is 3.26. The van der Waals surface area contributed by atoms with E-state index in [1.54, 1.807) is 38.5 Å². The minimum atomic E-state index is -2.49. The zero-order chi connectivity index (χ0) is 29.2. The molecule has 0 spiro atoms. The molecule has 0 atom stereocenters. The summed E-state index contributed by atoms with van der Waals surface area (Å²) in [7, 11) is 1.77. The van der Waals surface area contributed by atoms with Gasteiger partial charge in [0.25, 0.3) is 0 Å². The topological polar surface area (TPSA) is 21.4 Å². The van der Waals surface area contributed by atoms with Crippen LogP contribution in [0.1, 0.15) is 44.3 Å². The summed E-state index contributed by atoms with van der Waals surface area (Å²) in [6.07, 6.45) is -0.408. The van der Waals surface area contributed by atoms with Crippen LogP contribution < -0.4 is 4.57 Å². The standard InChI is InChI=1S/C32H31N2O/c1-20-13-14-24-25-15-16-26(33-6)29(22-11-9-8-10-12-22)31(25)35-30(24)28(20)27-17-23(18-32(3,4)5)21(2)19-34(27)7/h8-17,19H,18H2,1-5,7H3/q+1/i2D3,18D2. The number of aromatic nitrogens is 1. The number of hydrogen-bond donors (Lipinski definition) is 0. The summed E-state index contributed by atoms with van der Waals surface area (Å²) in [6, 6.07) is 19.1. The van der Waals surface area contributed by atoms with Crippen molar-refractivity contribution in [3.05, 3.63) is 95.0 Å². The molecule has 5 aromatic rings. The third kappa shape index (κ3) is 4.00. The number of nitrogens with zero attached hydrogens (tertiary/aromatic N) is 2. The van der Waals surface area contributed by atoms with Crippen molar-refractivity contribution in [3.8, 4) is 22.4 Å². The molecule has 2 aromatic heterocycles. The van der Waals surface area contributed by atoms with Gasteiger partial charge >= 0.3 is 0 Å². The lowest BCUT2D eigenvalue weighted by atomic mass is 9.86. The van der Waals surface area contributed by atoms with Gasteiger partial charge in [-0.3, -0.25) is 0 Å². The van der Waals surface area contributed by atoms with Crippen LogP contribution in [-0.2, 0) is 13.4 Å². The Morgan fingerprint density at radius 2 is 1.66 bits per heavy atom. The Morgan fingerprint density at radius 3 is 2.31 bits per heavy atom. The van der Waals surface area contributed by atoms with Gasteiger partial charge in [-0.05, 0) is 42.3 Å². The van der Waals surface area contributed by atoms with Gasteiger partial charge < -0.3 is 4.42 Å². The molecular weight excluding hydrogens is 428 g/mol. The molecule has 3 heteroatoms. The van der Waals surface area contributed by atoms with E-state index in [1.807, 2.05) is 61.5 Å². The maximum absolute atomic E-state index is 9.00. The third-order valence-corrected chi connectivity index (χ3v) is 6.22. The smallest absolute Gasteiger partial charge is 0.216 e. The fourth-order valence-corrected chi connectivity index (χ4v) is 4.69. The quantitative estimate of drug-likeness (QED) is 0.194. The van der Waals surface area contributed by atoms with E-state index < -0.39 is 18.6 Å². The van der Waals surface area contributed by atoms with E-state index in [2.05, 4.69) is 4.85 Å². The number of fused-ring (bicyclic) bond motifs is 3. The molecule has 3 aromatic carbocycles. The molecule has 0 bridgehead atoms. The summed E-state index contributed by atoms with van der Waals surface area (Å²) < 4.78 is 50.9. The van der Waals surface area contributed by atoms with Gasteiger partial charge in [0.2, 0.25) is 5.69 Å². The van der Waals surface area contributed by atoms with Crippen LogP contribution in [0.15, 0.2) is 71.3 Å². The van der Waals surface area contributed by atoms with Crippen molar-refractivity contribution in [2.24, 2.45) is 12.5 Å². The lowest BCUT2D eigenvalue weighted by molar-refractivity contribution is -0.660. The lowest BCUT2D eigenvalue weighted by Crippen LogP contribution is -2.32. The van der Waals surface area contributed by atoms with Crippen LogP contribution in [0.4, 0.5) is 5.69 Å². The molecule has 0 aliphatic carbocycles. The average molecular weight is 465 g/mol. The second-order valence-corrected chi connectivity index (χ2v) is 10.0. The number of rotatable bonds is 3. The van der Waals surface area contributed by atoms with Gasteiger partial charge in [-0.25, -0.2) is 9.41 Å². The molecule has 0 aliphatic rings. The summed E-state index contributed by atoms with van der Waals surface area (Å²) in [5.41, 5.74) is 4.87. The van der Waals surface area contributed by atoms with Gasteiger partial charge in [-0.15, -0.1) is 0 Å². The van der Waals surface area contributed by atoms with E-state index in [1.165, 1.54) is 6.20 Å². The van der Waals surface area contributed by atoms with Crippen molar-refractivity contribution in [1.29, 1.82) is 0 Å². The van der Waals surface area contributed by atoms with E-state index in [0.29, 0.717) is 22.5 Å². The Kier molecular flexibility index (Phi) is 4.20. The summed E-state index contributed by atoms with van der Waals surface area (Å²) in [6.45, 7) is 12.6. The minimum Gasteiger partial charge on any atom is -0.456 e. The number of pyridine rings is 1. The SMILES string of the molecule is [2H]C([2H])([2H])c1c[n+](C)c(-c2c(C)ccc3c2oc2c(-c4ccccc4)c([N+]#[C-])ccc23)cc1C([2H])([2H])C(C)(C)C. The van der Waals surface area contributed by atoms with Crippen LogP contribution in [0.5, 0.6) is 0 Å². The highest BCUT2D eigenvalue weighted by Gasteiger charge is 2.25. The highest BCUT2D eigenvalue weighted by atomic mass is 16.3. The van der Waals surface area contributed by atoms with Crippen molar-refractivity contribution in [2.45, 2.75) is 40.9 Å². The van der Waals surface area contributed by atoms with Crippen LogP contribution in [0, 0.1) is 25.8 Å². The van der Waals surface area contributed by atoms with E-state index in [-0.39, 0.29) is 11.1 Å². The fraction of sp³-hybridized carbons (Fsp3) is 0.250. The van der Waals surface area contributed by atoms with Crippen LogP contribution in [0.3, 0.4) is 0 Å². The van der Waals surface area contributed by atoms with Gasteiger partial charge in [0.1, 0.15) is 18.2 Å². The number of benzene rings is 3. The molecule has 0 saturated carbocycles. The molecule has 0 aliphatic heterocycles. The Balaban J connectivity index is 1.89. The summed E-state index contributed by atoms with van der Waals surface area (Å²) in [4.78, 5) is 3.76. The Labute approximate surface area is 214 Å². The van der Waals surface area contributed by atoms with Crippen molar-refractivity contribution < 1.29 is 15.8 Å². The second-order valence-electron chi connectivity index (χ2n) is 10.0. The van der Waals surface area contributed by atoms with E-state index in [0.717, 1.165) is 33.0 Å². The molecule has 2 heterocycles. The second kappa shape index (κ2) is 8.40. The molecule has 0 unspecified atom stereocenters. The molecule has 0 fully saturated rings. The fourth-order valence-electron chi connectivity index (χ4n) is 4.69. The largest absolute Gasteiger partial charge is 0.456 e. The number of aryl methyl sites for hydroxylation is 3. The maximum Gasteiger partial charge on any atom is 0.216 e. The highest BCUT2D eigenvalue weighted by Crippen LogP contribution is 2.44. The molecule has 0 radical (unpaired) electrons. The molecule has 0 N–H and O–H groups in total. The maximum atomic E-state index is 9.00. The molecule has 0 saturated heterocycles. The van der Waals surface area contributed by atoms with Crippen LogP contribution in [0.2, 0.25) is 0 Å². The van der Waals surface area contributed by atoms with Gasteiger partial charge in [0.15, 0.2) is 11.9 Å². The highest BCUT2D eigenvalue weighted by molar-refractivity contribution is 6.15. The zero-order valence-corrected chi connectivity index (χ0v) is 20.7. The van der Waals surface area contributed by atoms with Crippen molar-refractivity contribution in [2.75, 3.05) is 0 Å². The van der Waals surface area contributed by atoms with Crippen molar-refractivity contribution >= 4 is 27.6 Å². The number of furan rings is 1. The Morgan fingerprint density at radius 1 is 0.971 bits per heavy atom. The Hall–Kier alpha value is -3.90. The third-order valence-electron chi connectivity index (χ3n) is 6.22.